The highest BCUT2D eigenvalue weighted by Gasteiger charge is 2.41. The van der Waals surface area contributed by atoms with Gasteiger partial charge in [-0.25, -0.2) is 4.79 Å². The van der Waals surface area contributed by atoms with Crippen LogP contribution in [-0.4, -0.2) is 74.9 Å². The van der Waals surface area contributed by atoms with Gasteiger partial charge in [0.05, 0.1) is 6.10 Å². The van der Waals surface area contributed by atoms with E-state index < -0.39 is 30.1 Å². The first kappa shape index (κ1) is 22.4. The number of thioether (sulfide) groups is 1. The number of hydrogen-bond acceptors (Lipinski definition) is 6. The predicted molar refractivity (Wildman–Crippen MR) is 108 cm³/mol. The Morgan fingerprint density at radius 2 is 1.93 bits per heavy atom. The SMILES string of the molecule is O=C1N[C@H](C(=O)N2CC(O)C[C@H]2C(=O)O)CSCCCCCCCC1CS. The van der Waals surface area contributed by atoms with Gasteiger partial charge in [0, 0.05) is 30.4 Å². The number of aliphatic hydroxyl groups excluding tert-OH is 1. The van der Waals surface area contributed by atoms with Crippen LogP contribution in [0.4, 0.5) is 0 Å². The van der Waals surface area contributed by atoms with Crippen LogP contribution >= 0.6 is 24.4 Å². The lowest BCUT2D eigenvalue weighted by Crippen LogP contribution is -2.54. The molecule has 2 heterocycles. The molecule has 2 amide bonds. The van der Waals surface area contributed by atoms with Gasteiger partial charge in [0.1, 0.15) is 12.1 Å². The van der Waals surface area contributed by atoms with Gasteiger partial charge in [-0.1, -0.05) is 25.7 Å². The Morgan fingerprint density at radius 1 is 1.22 bits per heavy atom. The highest BCUT2D eigenvalue weighted by Crippen LogP contribution is 2.22. The number of hydrogen-bond donors (Lipinski definition) is 4. The highest BCUT2D eigenvalue weighted by atomic mass is 32.2. The summed E-state index contributed by atoms with van der Waals surface area (Å²) >= 11 is 5.89. The number of thiol groups is 1. The molecule has 4 atom stereocenters. The molecule has 2 saturated heterocycles. The van der Waals surface area contributed by atoms with Crippen LogP contribution in [0, 0.1) is 5.92 Å². The van der Waals surface area contributed by atoms with Gasteiger partial charge in [0.15, 0.2) is 0 Å². The average Bonchev–Trinajstić information content (AvgIpc) is 3.03. The molecule has 0 aromatic heterocycles. The van der Waals surface area contributed by atoms with Crippen molar-refractivity contribution in [3.63, 3.8) is 0 Å². The number of carboxylic acids is 1. The average molecular weight is 419 g/mol. The topological polar surface area (TPSA) is 107 Å². The largest absolute Gasteiger partial charge is 0.480 e. The maximum Gasteiger partial charge on any atom is 0.326 e. The van der Waals surface area contributed by atoms with Crippen LogP contribution in [0.25, 0.3) is 0 Å². The van der Waals surface area contributed by atoms with Gasteiger partial charge >= 0.3 is 5.97 Å². The summed E-state index contributed by atoms with van der Waals surface area (Å²) in [6, 6.07) is -1.82. The molecule has 2 rings (SSSR count). The van der Waals surface area contributed by atoms with E-state index in [1.807, 2.05) is 0 Å². The number of β-amino-alcohol motifs (C(OH)–C–C–N with tert-alkyl or cyclic N) is 1. The van der Waals surface area contributed by atoms with Crippen molar-refractivity contribution in [2.45, 2.75) is 63.1 Å². The minimum atomic E-state index is -1.13. The molecule has 0 aliphatic carbocycles. The van der Waals surface area contributed by atoms with Crippen molar-refractivity contribution < 1.29 is 24.6 Å². The molecule has 7 nitrogen and oxygen atoms in total. The van der Waals surface area contributed by atoms with Gasteiger partial charge in [-0.2, -0.15) is 24.4 Å². The highest BCUT2D eigenvalue weighted by molar-refractivity contribution is 7.99. The van der Waals surface area contributed by atoms with Gasteiger partial charge in [0.2, 0.25) is 11.8 Å². The Kier molecular flexibility index (Phi) is 9.25. The van der Waals surface area contributed by atoms with E-state index in [4.69, 9.17) is 0 Å². The maximum absolute atomic E-state index is 13.0. The number of nitrogens with zero attached hydrogens (tertiary/aromatic N) is 1. The van der Waals surface area contributed by atoms with Crippen molar-refractivity contribution in [1.29, 1.82) is 0 Å². The Bertz CT molecular complexity index is 534. The van der Waals surface area contributed by atoms with E-state index in [2.05, 4.69) is 17.9 Å². The number of rotatable bonds is 3. The number of nitrogens with one attached hydrogen (secondary N) is 1. The molecule has 0 aromatic carbocycles. The van der Waals surface area contributed by atoms with Crippen molar-refractivity contribution in [3.8, 4) is 0 Å². The fraction of sp³-hybridized carbons (Fsp3) is 0.833. The van der Waals surface area contributed by atoms with Crippen LogP contribution in [0.15, 0.2) is 0 Å². The molecule has 2 unspecified atom stereocenters. The predicted octanol–water partition coefficient (Wildman–Crippen LogP) is 1.15. The van der Waals surface area contributed by atoms with Crippen LogP contribution < -0.4 is 5.32 Å². The zero-order valence-corrected chi connectivity index (χ0v) is 17.2. The van der Waals surface area contributed by atoms with E-state index in [0.29, 0.717) is 11.5 Å². The molecule has 2 fully saturated rings. The number of likely N-dealkylation sites (tertiary alicyclic amines) is 1. The lowest BCUT2D eigenvalue weighted by Gasteiger charge is -2.28. The van der Waals surface area contributed by atoms with E-state index in [1.54, 1.807) is 11.8 Å². The molecule has 27 heavy (non-hydrogen) atoms. The van der Waals surface area contributed by atoms with E-state index in [-0.39, 0.29) is 24.8 Å². The summed E-state index contributed by atoms with van der Waals surface area (Å²) < 4.78 is 0. The van der Waals surface area contributed by atoms with Crippen molar-refractivity contribution in [1.82, 2.24) is 10.2 Å². The number of aliphatic hydroxyl groups is 1. The van der Waals surface area contributed by atoms with Crippen molar-refractivity contribution >= 4 is 42.2 Å². The van der Waals surface area contributed by atoms with Crippen LogP contribution in [0.3, 0.4) is 0 Å². The van der Waals surface area contributed by atoms with E-state index >= 15 is 0 Å². The number of aliphatic carboxylic acids is 1. The fourth-order valence-electron chi connectivity index (χ4n) is 3.59. The first-order valence-corrected chi connectivity index (χ1v) is 11.4. The molecular weight excluding hydrogens is 388 g/mol. The van der Waals surface area contributed by atoms with Gasteiger partial charge in [-0.3, -0.25) is 9.59 Å². The summed E-state index contributed by atoms with van der Waals surface area (Å²) in [5.41, 5.74) is 0. The fourth-order valence-corrected chi connectivity index (χ4v) is 4.97. The number of amides is 2. The summed E-state index contributed by atoms with van der Waals surface area (Å²) in [5, 5.41) is 22.0. The standard InChI is InChI=1S/C18H30N2O5S2/c21-13-8-15(18(24)25)20(9-13)17(23)14-11-27-7-5-3-1-2-4-6-12(10-26)16(22)19-14/h12-15,21,26H,1-11H2,(H,19,22)(H,24,25)/t12?,13?,14-,15-/m0/s1. The van der Waals surface area contributed by atoms with E-state index in [9.17, 15) is 24.6 Å². The third-order valence-electron chi connectivity index (χ3n) is 5.18. The first-order valence-electron chi connectivity index (χ1n) is 9.64. The van der Waals surface area contributed by atoms with E-state index in [0.717, 1.165) is 44.3 Å². The quantitative estimate of drug-likeness (QED) is 0.512. The molecule has 0 spiro atoms. The van der Waals surface area contributed by atoms with Crippen LogP contribution in [-0.2, 0) is 14.4 Å². The molecular formula is C18H30N2O5S2. The zero-order valence-electron chi connectivity index (χ0n) is 15.5. The molecule has 0 radical (unpaired) electrons. The molecule has 2 aliphatic rings. The van der Waals surface area contributed by atoms with E-state index in [1.165, 1.54) is 4.90 Å². The van der Waals surface area contributed by atoms with Crippen LogP contribution in [0.5, 0.6) is 0 Å². The third-order valence-corrected chi connectivity index (χ3v) is 6.77. The smallest absolute Gasteiger partial charge is 0.326 e. The molecule has 3 N–H and O–H groups in total. The summed E-state index contributed by atoms with van der Waals surface area (Å²) in [5.74, 6) is -0.281. The Hall–Kier alpha value is -0.930. The second-order valence-electron chi connectivity index (χ2n) is 7.31. The van der Waals surface area contributed by atoms with Gasteiger partial charge in [-0.15, -0.1) is 0 Å². The second kappa shape index (κ2) is 11.2. The normalized spacial score (nSPS) is 31.3. The molecule has 2 aliphatic heterocycles. The molecule has 0 bridgehead atoms. The van der Waals surface area contributed by atoms with Crippen molar-refractivity contribution in [2.75, 3.05) is 23.8 Å². The molecule has 0 saturated carbocycles. The molecule has 154 valence electrons. The number of carbonyl (C=O) groups excluding carboxylic acids is 2. The summed E-state index contributed by atoms with van der Waals surface area (Å²) in [6.07, 6.45) is 5.32. The van der Waals surface area contributed by atoms with Crippen LogP contribution in [0.2, 0.25) is 0 Å². The van der Waals surface area contributed by atoms with Gasteiger partial charge in [-0.05, 0) is 18.6 Å². The molecule has 9 heteroatoms. The monoisotopic (exact) mass is 418 g/mol. The Morgan fingerprint density at radius 3 is 2.63 bits per heavy atom. The lowest BCUT2D eigenvalue weighted by molar-refractivity contribution is -0.149. The zero-order chi connectivity index (χ0) is 19.8. The van der Waals surface area contributed by atoms with Crippen LogP contribution in [0.1, 0.15) is 44.9 Å². The Balaban J connectivity index is 2.12. The number of carboxylic acid groups (broad SMARTS) is 1. The number of carbonyl (C=O) groups is 3. The summed E-state index contributed by atoms with van der Waals surface area (Å²) in [6.45, 7) is -0.0111. The second-order valence-corrected chi connectivity index (χ2v) is 8.82. The minimum absolute atomic E-state index is 0.0111. The van der Waals surface area contributed by atoms with Gasteiger partial charge in [0.25, 0.3) is 0 Å². The summed E-state index contributed by atoms with van der Waals surface area (Å²) in [4.78, 5) is 38.3. The molecule has 0 aromatic rings. The first-order chi connectivity index (χ1) is 12.9. The third kappa shape index (κ3) is 6.57. The Labute approximate surface area is 170 Å². The summed E-state index contributed by atoms with van der Waals surface area (Å²) in [7, 11) is 0. The minimum Gasteiger partial charge on any atom is -0.480 e. The van der Waals surface area contributed by atoms with Gasteiger partial charge < -0.3 is 20.4 Å². The maximum atomic E-state index is 13.0. The van der Waals surface area contributed by atoms with Crippen molar-refractivity contribution in [3.05, 3.63) is 0 Å². The lowest BCUT2D eigenvalue weighted by atomic mass is 10.0. The van der Waals surface area contributed by atoms with Crippen molar-refractivity contribution in [2.24, 2.45) is 5.92 Å².